The molecular weight excluding hydrogens is 292 g/mol. The number of ether oxygens (including phenoxy) is 2. The van der Waals surface area contributed by atoms with Crippen molar-refractivity contribution in [1.82, 2.24) is 19.8 Å². The highest BCUT2D eigenvalue weighted by Gasteiger charge is 2.13. The van der Waals surface area contributed by atoms with Crippen LogP contribution in [0.1, 0.15) is 5.69 Å². The Labute approximate surface area is 123 Å². The van der Waals surface area contributed by atoms with Gasteiger partial charge in [-0.25, -0.2) is 0 Å². The average molecular weight is 304 g/mol. The van der Waals surface area contributed by atoms with Crippen LogP contribution in [0.25, 0.3) is 15.5 Å². The normalized spacial score (nSPS) is 10.8. The van der Waals surface area contributed by atoms with E-state index in [0.29, 0.717) is 27.2 Å². The number of benzene rings is 1. The van der Waals surface area contributed by atoms with Crippen LogP contribution in [0.2, 0.25) is 0 Å². The van der Waals surface area contributed by atoms with Gasteiger partial charge in [0.05, 0.1) is 14.2 Å². The summed E-state index contributed by atoms with van der Waals surface area (Å²) < 4.78 is 11.7. The van der Waals surface area contributed by atoms with Crippen LogP contribution in [-0.4, -0.2) is 34.0 Å². The van der Waals surface area contributed by atoms with E-state index in [1.807, 2.05) is 12.1 Å². The molecule has 3 aromatic rings. The Balaban J connectivity index is 2.16. The zero-order valence-electron chi connectivity index (χ0n) is 11.7. The largest absolute Gasteiger partial charge is 0.493 e. The summed E-state index contributed by atoms with van der Waals surface area (Å²) in [5.74, 6) is 1.24. The van der Waals surface area contributed by atoms with Gasteiger partial charge < -0.3 is 9.47 Å². The van der Waals surface area contributed by atoms with Crippen molar-refractivity contribution >= 4 is 16.3 Å². The van der Waals surface area contributed by atoms with Crippen molar-refractivity contribution in [2.24, 2.45) is 0 Å². The Bertz CT molecular complexity index is 871. The third kappa shape index (κ3) is 2.23. The molecule has 0 aliphatic rings. The van der Waals surface area contributed by atoms with E-state index < -0.39 is 0 Å². The van der Waals surface area contributed by atoms with Crippen LogP contribution < -0.4 is 15.0 Å². The number of hydrogen-bond donors (Lipinski definition) is 0. The summed E-state index contributed by atoms with van der Waals surface area (Å²) in [6, 6.07) is 5.45. The van der Waals surface area contributed by atoms with E-state index >= 15 is 0 Å². The number of rotatable bonds is 3. The Morgan fingerprint density at radius 1 is 1.14 bits per heavy atom. The molecule has 0 spiro atoms. The second kappa shape index (κ2) is 5.13. The van der Waals surface area contributed by atoms with Crippen molar-refractivity contribution in [3.63, 3.8) is 0 Å². The van der Waals surface area contributed by atoms with Gasteiger partial charge in [-0.05, 0) is 25.1 Å². The van der Waals surface area contributed by atoms with Crippen molar-refractivity contribution in [3.8, 4) is 22.1 Å². The first-order chi connectivity index (χ1) is 10.1. The highest BCUT2D eigenvalue weighted by atomic mass is 32.1. The summed E-state index contributed by atoms with van der Waals surface area (Å²) in [6.45, 7) is 1.61. The van der Waals surface area contributed by atoms with Gasteiger partial charge in [0.2, 0.25) is 4.96 Å². The summed E-state index contributed by atoms with van der Waals surface area (Å²) in [7, 11) is 3.15. The molecule has 0 bridgehead atoms. The van der Waals surface area contributed by atoms with Gasteiger partial charge in [0, 0.05) is 5.56 Å². The van der Waals surface area contributed by atoms with E-state index in [2.05, 4.69) is 15.3 Å². The Kier molecular flexibility index (Phi) is 3.30. The van der Waals surface area contributed by atoms with Crippen LogP contribution in [-0.2, 0) is 0 Å². The molecule has 0 amide bonds. The minimum absolute atomic E-state index is 0.261. The third-order valence-electron chi connectivity index (χ3n) is 2.98. The lowest BCUT2D eigenvalue weighted by molar-refractivity contribution is 0.355. The van der Waals surface area contributed by atoms with Gasteiger partial charge in [-0.1, -0.05) is 11.3 Å². The molecule has 108 valence electrons. The molecule has 0 fully saturated rings. The monoisotopic (exact) mass is 304 g/mol. The van der Waals surface area contributed by atoms with Gasteiger partial charge in [0.25, 0.3) is 5.56 Å². The first-order valence-corrected chi connectivity index (χ1v) is 6.91. The average Bonchev–Trinajstić information content (AvgIpc) is 2.95. The molecule has 1 aromatic carbocycles. The van der Waals surface area contributed by atoms with E-state index in [-0.39, 0.29) is 5.56 Å². The molecule has 0 saturated carbocycles. The highest BCUT2D eigenvalue weighted by molar-refractivity contribution is 7.19. The second-order valence-electron chi connectivity index (χ2n) is 4.26. The van der Waals surface area contributed by atoms with E-state index in [0.717, 1.165) is 5.56 Å². The highest BCUT2D eigenvalue weighted by Crippen LogP contribution is 2.33. The number of methoxy groups -OCH3 is 2. The van der Waals surface area contributed by atoms with Crippen LogP contribution in [0.15, 0.2) is 23.0 Å². The summed E-state index contributed by atoms with van der Waals surface area (Å²) >= 11 is 1.29. The zero-order valence-corrected chi connectivity index (χ0v) is 12.5. The lowest BCUT2D eigenvalue weighted by Gasteiger charge is -2.07. The molecular formula is C13H12N4O3S. The fourth-order valence-electron chi connectivity index (χ4n) is 1.88. The molecule has 0 saturated heterocycles. The van der Waals surface area contributed by atoms with Crippen molar-refractivity contribution < 1.29 is 9.47 Å². The predicted octanol–water partition coefficient (Wildman–Crippen LogP) is 1.54. The van der Waals surface area contributed by atoms with E-state index in [1.54, 1.807) is 27.2 Å². The molecule has 2 aromatic heterocycles. The van der Waals surface area contributed by atoms with Gasteiger partial charge in [-0.3, -0.25) is 4.79 Å². The topological polar surface area (TPSA) is 78.6 Å². The second-order valence-corrected chi connectivity index (χ2v) is 5.22. The Morgan fingerprint density at radius 3 is 2.62 bits per heavy atom. The zero-order chi connectivity index (χ0) is 15.0. The van der Waals surface area contributed by atoms with E-state index in [1.165, 1.54) is 15.9 Å². The van der Waals surface area contributed by atoms with Crippen molar-refractivity contribution in [1.29, 1.82) is 0 Å². The van der Waals surface area contributed by atoms with Crippen LogP contribution in [0, 0.1) is 6.92 Å². The fourth-order valence-corrected chi connectivity index (χ4v) is 2.71. The first-order valence-electron chi connectivity index (χ1n) is 6.09. The van der Waals surface area contributed by atoms with Crippen molar-refractivity contribution in [3.05, 3.63) is 34.2 Å². The van der Waals surface area contributed by atoms with Crippen LogP contribution in [0.4, 0.5) is 0 Å². The quantitative estimate of drug-likeness (QED) is 0.730. The number of aromatic nitrogens is 4. The maximum Gasteiger partial charge on any atom is 0.296 e. The van der Waals surface area contributed by atoms with Crippen LogP contribution in [0.5, 0.6) is 11.5 Å². The Morgan fingerprint density at radius 2 is 1.90 bits per heavy atom. The Hall–Kier alpha value is -2.48. The summed E-state index contributed by atoms with van der Waals surface area (Å²) in [6.07, 6.45) is 0. The standard InChI is InChI=1S/C13H12N4O3S/c1-7-12(18)17-13(15-14-7)21-11(16-17)8-4-5-9(19-2)10(6-8)20-3/h4-6H,1-3H3. The maximum atomic E-state index is 12.0. The van der Waals surface area contributed by atoms with E-state index in [9.17, 15) is 4.79 Å². The third-order valence-corrected chi connectivity index (χ3v) is 3.93. The van der Waals surface area contributed by atoms with Crippen molar-refractivity contribution in [2.75, 3.05) is 14.2 Å². The van der Waals surface area contributed by atoms with Crippen LogP contribution >= 0.6 is 11.3 Å². The molecule has 7 nitrogen and oxygen atoms in total. The number of fused-ring (bicyclic) bond motifs is 1. The molecule has 0 atom stereocenters. The molecule has 3 rings (SSSR count). The molecule has 2 heterocycles. The number of hydrogen-bond acceptors (Lipinski definition) is 7. The predicted molar refractivity (Wildman–Crippen MR) is 78.2 cm³/mol. The van der Waals surface area contributed by atoms with E-state index in [4.69, 9.17) is 9.47 Å². The van der Waals surface area contributed by atoms with Gasteiger partial charge in [-0.15, -0.1) is 10.2 Å². The summed E-state index contributed by atoms with van der Waals surface area (Å²) in [5, 5.41) is 12.8. The van der Waals surface area contributed by atoms with Crippen molar-refractivity contribution in [2.45, 2.75) is 6.92 Å². The molecule has 0 N–H and O–H groups in total. The SMILES string of the molecule is COc1ccc(-c2nn3c(=O)c(C)nnc3s2)cc1OC. The van der Waals surface area contributed by atoms with Gasteiger partial charge in [0.15, 0.2) is 11.5 Å². The van der Waals surface area contributed by atoms with Gasteiger partial charge in [0.1, 0.15) is 10.7 Å². The summed E-state index contributed by atoms with van der Waals surface area (Å²) in [5.41, 5.74) is 0.875. The first kappa shape index (κ1) is 13.5. The van der Waals surface area contributed by atoms with Gasteiger partial charge >= 0.3 is 0 Å². The minimum atomic E-state index is -0.261. The number of aryl methyl sites for hydroxylation is 1. The molecule has 0 radical (unpaired) electrons. The molecule has 0 aliphatic carbocycles. The lowest BCUT2D eigenvalue weighted by Crippen LogP contribution is -2.19. The molecule has 8 heteroatoms. The smallest absolute Gasteiger partial charge is 0.296 e. The molecule has 0 aliphatic heterocycles. The van der Waals surface area contributed by atoms with Gasteiger partial charge in [-0.2, -0.15) is 9.61 Å². The van der Waals surface area contributed by atoms with Crippen LogP contribution in [0.3, 0.4) is 0 Å². The lowest BCUT2D eigenvalue weighted by atomic mass is 10.2. The maximum absolute atomic E-state index is 12.0. The summed E-state index contributed by atoms with van der Waals surface area (Å²) in [4.78, 5) is 12.4. The number of nitrogens with zero attached hydrogens (tertiary/aromatic N) is 4. The fraction of sp³-hybridized carbons (Fsp3) is 0.231. The molecule has 0 unspecified atom stereocenters. The minimum Gasteiger partial charge on any atom is -0.493 e. The molecule has 21 heavy (non-hydrogen) atoms.